The first-order valence-electron chi connectivity index (χ1n) is 6.88. The lowest BCUT2D eigenvalue weighted by Gasteiger charge is -2.20. The van der Waals surface area contributed by atoms with Crippen LogP contribution in [0.1, 0.15) is 31.9 Å². The molecular weight excluding hydrogens is 234 g/mol. The van der Waals surface area contributed by atoms with Crippen LogP contribution >= 0.6 is 0 Å². The molecule has 0 heterocycles. The van der Waals surface area contributed by atoms with Crippen LogP contribution in [-0.2, 0) is 0 Å². The number of benzene rings is 2. The first kappa shape index (κ1) is 13.5. The van der Waals surface area contributed by atoms with Crippen LogP contribution in [0.5, 0.6) is 5.75 Å². The molecule has 2 heteroatoms. The Morgan fingerprint density at radius 1 is 0.947 bits per heavy atom. The highest BCUT2D eigenvalue weighted by Gasteiger charge is 2.11. The molecule has 0 saturated heterocycles. The van der Waals surface area contributed by atoms with Crippen LogP contribution in [0.4, 0.5) is 5.69 Å². The molecule has 0 spiro atoms. The summed E-state index contributed by atoms with van der Waals surface area (Å²) in [6.07, 6.45) is 1.03. The summed E-state index contributed by atoms with van der Waals surface area (Å²) in [4.78, 5) is 0. The van der Waals surface area contributed by atoms with E-state index in [1.54, 1.807) is 0 Å². The van der Waals surface area contributed by atoms with Gasteiger partial charge in [-0.15, -0.1) is 0 Å². The summed E-state index contributed by atoms with van der Waals surface area (Å²) in [5.74, 6) is 0.916. The molecule has 0 aliphatic rings. The van der Waals surface area contributed by atoms with Crippen molar-refractivity contribution in [2.45, 2.75) is 26.3 Å². The molecule has 0 bridgehead atoms. The predicted molar refractivity (Wildman–Crippen MR) is 80.7 cm³/mol. The Kier molecular flexibility index (Phi) is 4.85. The Morgan fingerprint density at radius 3 is 2.32 bits per heavy atom. The second-order valence-electron chi connectivity index (χ2n) is 4.45. The molecule has 19 heavy (non-hydrogen) atoms. The predicted octanol–water partition coefficient (Wildman–Crippen LogP) is 4.65. The number of hydrogen-bond acceptors (Lipinski definition) is 2. The number of para-hydroxylation sites is 2. The van der Waals surface area contributed by atoms with E-state index in [1.165, 1.54) is 5.56 Å². The van der Waals surface area contributed by atoms with Gasteiger partial charge in [-0.25, -0.2) is 0 Å². The summed E-state index contributed by atoms with van der Waals surface area (Å²) in [5, 5.41) is 3.57. The Hall–Kier alpha value is -1.96. The Morgan fingerprint density at radius 2 is 1.63 bits per heavy atom. The highest BCUT2D eigenvalue weighted by molar-refractivity contribution is 5.57. The fourth-order valence-corrected chi connectivity index (χ4v) is 2.16. The molecule has 100 valence electrons. The third-order valence-corrected chi connectivity index (χ3v) is 3.13. The third kappa shape index (κ3) is 3.50. The van der Waals surface area contributed by atoms with E-state index in [2.05, 4.69) is 42.6 Å². The van der Waals surface area contributed by atoms with Crippen molar-refractivity contribution in [1.29, 1.82) is 0 Å². The van der Waals surface area contributed by atoms with Gasteiger partial charge < -0.3 is 10.1 Å². The van der Waals surface area contributed by atoms with E-state index < -0.39 is 0 Å². The van der Waals surface area contributed by atoms with Crippen molar-refractivity contribution in [3.05, 3.63) is 60.2 Å². The van der Waals surface area contributed by atoms with Crippen molar-refractivity contribution in [2.75, 3.05) is 11.9 Å². The van der Waals surface area contributed by atoms with E-state index in [4.69, 9.17) is 4.74 Å². The zero-order chi connectivity index (χ0) is 13.5. The van der Waals surface area contributed by atoms with Crippen molar-refractivity contribution >= 4 is 5.69 Å². The molecule has 2 nitrogen and oxygen atoms in total. The molecule has 0 amide bonds. The largest absolute Gasteiger partial charge is 0.492 e. The summed E-state index contributed by atoms with van der Waals surface area (Å²) in [7, 11) is 0. The van der Waals surface area contributed by atoms with E-state index in [-0.39, 0.29) is 0 Å². The van der Waals surface area contributed by atoms with Crippen molar-refractivity contribution in [3.63, 3.8) is 0 Å². The van der Waals surface area contributed by atoms with Crippen LogP contribution in [0, 0.1) is 0 Å². The van der Waals surface area contributed by atoms with Gasteiger partial charge in [-0.1, -0.05) is 49.4 Å². The maximum absolute atomic E-state index is 5.66. The molecule has 2 rings (SSSR count). The minimum absolute atomic E-state index is 0.308. The molecule has 2 aromatic rings. The van der Waals surface area contributed by atoms with Gasteiger partial charge in [0.25, 0.3) is 0 Å². The minimum atomic E-state index is 0.308. The summed E-state index contributed by atoms with van der Waals surface area (Å²) >= 11 is 0. The Balaban J connectivity index is 2.19. The molecule has 0 saturated carbocycles. The first-order chi connectivity index (χ1) is 9.35. The van der Waals surface area contributed by atoms with Crippen LogP contribution in [0.3, 0.4) is 0 Å². The van der Waals surface area contributed by atoms with Crippen LogP contribution in [0.25, 0.3) is 0 Å². The maximum atomic E-state index is 5.66. The SMILES string of the molecule is CCOc1ccccc1NC(CC)c1ccccc1. The smallest absolute Gasteiger partial charge is 0.142 e. The lowest BCUT2D eigenvalue weighted by molar-refractivity contribution is 0.341. The van der Waals surface area contributed by atoms with Crippen molar-refractivity contribution in [3.8, 4) is 5.75 Å². The zero-order valence-corrected chi connectivity index (χ0v) is 11.6. The standard InChI is InChI=1S/C17H21NO/c1-3-15(14-10-6-5-7-11-14)18-16-12-8-9-13-17(16)19-4-2/h5-13,15,18H,3-4H2,1-2H3. The van der Waals surface area contributed by atoms with Crippen LogP contribution in [-0.4, -0.2) is 6.61 Å². The summed E-state index contributed by atoms with van der Waals surface area (Å²) in [5.41, 5.74) is 2.36. The Bertz CT molecular complexity index is 496. The van der Waals surface area contributed by atoms with Crippen molar-refractivity contribution < 1.29 is 4.74 Å². The lowest BCUT2D eigenvalue weighted by Crippen LogP contribution is -2.10. The van der Waals surface area contributed by atoms with E-state index >= 15 is 0 Å². The molecule has 0 aromatic heterocycles. The number of nitrogens with one attached hydrogen (secondary N) is 1. The number of hydrogen-bond donors (Lipinski definition) is 1. The third-order valence-electron chi connectivity index (χ3n) is 3.13. The molecule has 0 aliphatic heterocycles. The second kappa shape index (κ2) is 6.83. The summed E-state index contributed by atoms with van der Waals surface area (Å²) in [6, 6.07) is 18.9. The van der Waals surface area contributed by atoms with Crippen LogP contribution in [0.2, 0.25) is 0 Å². The van der Waals surface area contributed by atoms with E-state index in [0.717, 1.165) is 17.9 Å². The lowest BCUT2D eigenvalue weighted by atomic mass is 10.0. The fraction of sp³-hybridized carbons (Fsp3) is 0.294. The molecule has 0 fully saturated rings. The monoisotopic (exact) mass is 255 g/mol. The van der Waals surface area contributed by atoms with Crippen LogP contribution < -0.4 is 10.1 Å². The molecule has 0 aliphatic carbocycles. The van der Waals surface area contributed by atoms with Crippen LogP contribution in [0.15, 0.2) is 54.6 Å². The first-order valence-corrected chi connectivity index (χ1v) is 6.88. The number of ether oxygens (including phenoxy) is 1. The van der Waals surface area contributed by atoms with Crippen molar-refractivity contribution in [2.24, 2.45) is 0 Å². The van der Waals surface area contributed by atoms with Gasteiger partial charge in [0.05, 0.1) is 18.3 Å². The number of rotatable bonds is 6. The topological polar surface area (TPSA) is 21.3 Å². The number of anilines is 1. The van der Waals surface area contributed by atoms with Gasteiger partial charge in [0, 0.05) is 0 Å². The molecule has 0 radical (unpaired) electrons. The highest BCUT2D eigenvalue weighted by Crippen LogP contribution is 2.29. The second-order valence-corrected chi connectivity index (χ2v) is 4.45. The van der Waals surface area contributed by atoms with Gasteiger partial charge in [-0.05, 0) is 31.0 Å². The average molecular weight is 255 g/mol. The quantitative estimate of drug-likeness (QED) is 0.811. The molecule has 2 aromatic carbocycles. The van der Waals surface area contributed by atoms with E-state index in [0.29, 0.717) is 12.6 Å². The highest BCUT2D eigenvalue weighted by atomic mass is 16.5. The van der Waals surface area contributed by atoms with Gasteiger partial charge in [0.2, 0.25) is 0 Å². The Labute approximate surface area is 115 Å². The van der Waals surface area contributed by atoms with Gasteiger partial charge in [0.1, 0.15) is 5.75 Å². The average Bonchev–Trinajstić information content (AvgIpc) is 2.47. The molecule has 1 atom stereocenters. The molecule has 1 unspecified atom stereocenters. The fourth-order valence-electron chi connectivity index (χ4n) is 2.16. The van der Waals surface area contributed by atoms with Gasteiger partial charge in [-0.3, -0.25) is 0 Å². The molecule has 1 N–H and O–H groups in total. The maximum Gasteiger partial charge on any atom is 0.142 e. The normalized spacial score (nSPS) is 11.9. The van der Waals surface area contributed by atoms with E-state index in [9.17, 15) is 0 Å². The zero-order valence-electron chi connectivity index (χ0n) is 11.6. The summed E-state index contributed by atoms with van der Waals surface area (Å²) < 4.78 is 5.66. The van der Waals surface area contributed by atoms with Gasteiger partial charge >= 0.3 is 0 Å². The minimum Gasteiger partial charge on any atom is -0.492 e. The van der Waals surface area contributed by atoms with Gasteiger partial charge in [-0.2, -0.15) is 0 Å². The summed E-state index contributed by atoms with van der Waals surface area (Å²) in [6.45, 7) is 4.88. The van der Waals surface area contributed by atoms with Gasteiger partial charge in [0.15, 0.2) is 0 Å². The van der Waals surface area contributed by atoms with Crippen molar-refractivity contribution in [1.82, 2.24) is 0 Å². The molecular formula is C17H21NO. The van der Waals surface area contributed by atoms with E-state index in [1.807, 2.05) is 31.2 Å².